The average Bonchev–Trinajstić information content (AvgIpc) is 2.92. The molecule has 1 saturated carbocycles. The van der Waals surface area contributed by atoms with Gasteiger partial charge in [0.15, 0.2) is 0 Å². The van der Waals surface area contributed by atoms with E-state index in [4.69, 9.17) is 0 Å². The van der Waals surface area contributed by atoms with Crippen LogP contribution in [0.4, 0.5) is 5.69 Å². The molecule has 8 heteroatoms. The predicted octanol–water partition coefficient (Wildman–Crippen LogP) is 5.36. The van der Waals surface area contributed by atoms with Gasteiger partial charge in [0.1, 0.15) is 6.04 Å². The number of benzene rings is 2. The highest BCUT2D eigenvalue weighted by atomic mass is 32.2. The molecule has 0 aliphatic heterocycles. The molecule has 2 amide bonds. The first-order valence-electron chi connectivity index (χ1n) is 14.3. The first-order valence-corrected chi connectivity index (χ1v) is 16.2. The second-order valence-electron chi connectivity index (χ2n) is 10.7. The van der Waals surface area contributed by atoms with Gasteiger partial charge >= 0.3 is 0 Å². The van der Waals surface area contributed by atoms with Crippen molar-refractivity contribution in [1.82, 2.24) is 10.2 Å². The summed E-state index contributed by atoms with van der Waals surface area (Å²) in [6, 6.07) is 15.1. The lowest BCUT2D eigenvalue weighted by Gasteiger charge is -2.33. The summed E-state index contributed by atoms with van der Waals surface area (Å²) in [5.41, 5.74) is 3.82. The molecule has 2 aromatic carbocycles. The van der Waals surface area contributed by atoms with Crippen LogP contribution in [0.25, 0.3) is 0 Å². The molecule has 0 aromatic heterocycles. The normalized spacial score (nSPS) is 15.0. The summed E-state index contributed by atoms with van der Waals surface area (Å²) in [6.07, 6.45) is 8.47. The van der Waals surface area contributed by atoms with Gasteiger partial charge in [-0.25, -0.2) is 8.42 Å². The molecule has 0 saturated heterocycles. The van der Waals surface area contributed by atoms with Crippen molar-refractivity contribution in [3.63, 3.8) is 0 Å². The van der Waals surface area contributed by atoms with E-state index in [9.17, 15) is 18.0 Å². The fourth-order valence-corrected chi connectivity index (χ4v) is 6.22. The Morgan fingerprint density at radius 1 is 0.949 bits per heavy atom. The van der Waals surface area contributed by atoms with Crippen LogP contribution in [0.15, 0.2) is 48.5 Å². The third-order valence-electron chi connectivity index (χ3n) is 7.60. The summed E-state index contributed by atoms with van der Waals surface area (Å²) in [5, 5.41) is 3.20. The molecule has 1 aliphatic rings. The summed E-state index contributed by atoms with van der Waals surface area (Å²) in [4.78, 5) is 28.7. The maximum Gasteiger partial charge on any atom is 0.243 e. The molecule has 0 heterocycles. The summed E-state index contributed by atoms with van der Waals surface area (Å²) >= 11 is 0. The third kappa shape index (κ3) is 9.09. The molecular weight excluding hydrogens is 510 g/mol. The van der Waals surface area contributed by atoms with Gasteiger partial charge in [-0.2, -0.15) is 0 Å². The van der Waals surface area contributed by atoms with Crippen LogP contribution in [0, 0.1) is 6.92 Å². The minimum Gasteiger partial charge on any atom is -0.352 e. The highest BCUT2D eigenvalue weighted by Crippen LogP contribution is 2.22. The predicted molar refractivity (Wildman–Crippen MR) is 158 cm³/mol. The standard InChI is InChI=1S/C31H45N3O4S/c1-5-25-18-20-28(21-19-25)34(39(4,37)38)22-10-13-30(35)33(23-26-16-14-24(3)15-17-26)29(6-2)31(36)32-27-11-8-7-9-12-27/h14-21,27,29H,5-13,22-23H2,1-4H3,(H,32,36)/t29-/m0/s1. The van der Waals surface area contributed by atoms with Crippen LogP contribution in [0.1, 0.15) is 81.9 Å². The zero-order valence-electron chi connectivity index (χ0n) is 24.0. The molecule has 0 radical (unpaired) electrons. The molecule has 0 unspecified atom stereocenters. The van der Waals surface area contributed by atoms with E-state index >= 15 is 0 Å². The van der Waals surface area contributed by atoms with Crippen molar-refractivity contribution in [1.29, 1.82) is 0 Å². The zero-order chi connectivity index (χ0) is 28.4. The van der Waals surface area contributed by atoms with E-state index in [-0.39, 0.29) is 30.8 Å². The number of sulfonamides is 1. The first-order chi connectivity index (χ1) is 18.6. The monoisotopic (exact) mass is 555 g/mol. The molecule has 2 aromatic rings. The van der Waals surface area contributed by atoms with E-state index in [2.05, 4.69) is 12.2 Å². The molecule has 1 aliphatic carbocycles. The maximum absolute atomic E-state index is 13.6. The second kappa shape index (κ2) is 14.5. The molecule has 214 valence electrons. The number of amides is 2. The Morgan fingerprint density at radius 3 is 2.13 bits per heavy atom. The number of anilines is 1. The number of rotatable bonds is 13. The number of hydrogen-bond donors (Lipinski definition) is 1. The Kier molecular flexibility index (Phi) is 11.4. The fourth-order valence-electron chi connectivity index (χ4n) is 5.26. The molecule has 0 spiro atoms. The Labute approximate surface area is 235 Å². The van der Waals surface area contributed by atoms with Gasteiger partial charge in [-0.3, -0.25) is 13.9 Å². The number of hydrogen-bond acceptors (Lipinski definition) is 4. The van der Waals surface area contributed by atoms with Crippen molar-refractivity contribution in [3.8, 4) is 0 Å². The first kappa shape index (κ1) is 30.7. The quantitative estimate of drug-likeness (QED) is 0.361. The second-order valence-corrected chi connectivity index (χ2v) is 12.6. The summed E-state index contributed by atoms with van der Waals surface area (Å²) in [7, 11) is -3.51. The van der Waals surface area contributed by atoms with E-state index in [1.54, 1.807) is 4.90 Å². The van der Waals surface area contributed by atoms with Crippen LogP contribution in [-0.2, 0) is 32.6 Å². The molecule has 1 fully saturated rings. The lowest BCUT2D eigenvalue weighted by atomic mass is 9.95. The van der Waals surface area contributed by atoms with Gasteiger partial charge in [0.25, 0.3) is 0 Å². The Morgan fingerprint density at radius 2 is 1.56 bits per heavy atom. The molecule has 1 atom stereocenters. The highest BCUT2D eigenvalue weighted by molar-refractivity contribution is 7.92. The van der Waals surface area contributed by atoms with Gasteiger partial charge in [-0.15, -0.1) is 0 Å². The molecule has 7 nitrogen and oxygen atoms in total. The van der Waals surface area contributed by atoms with E-state index in [1.165, 1.54) is 17.0 Å². The van der Waals surface area contributed by atoms with Crippen molar-refractivity contribution in [2.45, 2.75) is 97.2 Å². The summed E-state index contributed by atoms with van der Waals surface area (Å²) in [6.45, 7) is 6.54. The number of aryl methyl sites for hydroxylation is 2. The number of carbonyl (C=O) groups is 2. The van der Waals surface area contributed by atoms with Crippen molar-refractivity contribution >= 4 is 27.5 Å². The van der Waals surface area contributed by atoms with E-state index < -0.39 is 16.1 Å². The lowest BCUT2D eigenvalue weighted by Crippen LogP contribution is -2.51. The minimum atomic E-state index is -3.51. The van der Waals surface area contributed by atoms with Crippen molar-refractivity contribution in [2.24, 2.45) is 0 Å². The number of carbonyl (C=O) groups excluding carboxylic acids is 2. The Balaban J connectivity index is 1.74. The van der Waals surface area contributed by atoms with Crippen molar-refractivity contribution in [2.75, 3.05) is 17.1 Å². The molecule has 1 N–H and O–H groups in total. The summed E-state index contributed by atoms with van der Waals surface area (Å²) in [5.74, 6) is -0.241. The van der Waals surface area contributed by atoms with E-state index in [0.29, 0.717) is 25.1 Å². The van der Waals surface area contributed by atoms with Crippen LogP contribution >= 0.6 is 0 Å². The smallest absolute Gasteiger partial charge is 0.243 e. The van der Waals surface area contributed by atoms with Crippen LogP contribution < -0.4 is 9.62 Å². The van der Waals surface area contributed by atoms with Crippen molar-refractivity contribution < 1.29 is 18.0 Å². The van der Waals surface area contributed by atoms with Crippen LogP contribution in [0.3, 0.4) is 0 Å². The lowest BCUT2D eigenvalue weighted by molar-refractivity contribution is -0.141. The summed E-state index contributed by atoms with van der Waals surface area (Å²) < 4.78 is 26.5. The molecule has 39 heavy (non-hydrogen) atoms. The largest absolute Gasteiger partial charge is 0.352 e. The van der Waals surface area contributed by atoms with Crippen LogP contribution in [0.5, 0.6) is 0 Å². The van der Waals surface area contributed by atoms with Gasteiger partial charge in [-0.1, -0.05) is 75.1 Å². The number of nitrogens with zero attached hydrogens (tertiary/aromatic N) is 2. The van der Waals surface area contributed by atoms with Gasteiger partial charge in [0.2, 0.25) is 21.8 Å². The SMILES string of the molecule is CCc1ccc(N(CCCC(=O)N(Cc2ccc(C)cc2)[C@@H](CC)C(=O)NC2CCCCC2)S(C)(=O)=O)cc1. The van der Waals surface area contributed by atoms with E-state index in [1.807, 2.05) is 62.4 Å². The Hall–Kier alpha value is -2.87. The van der Waals surface area contributed by atoms with E-state index in [0.717, 1.165) is 48.8 Å². The van der Waals surface area contributed by atoms with Crippen LogP contribution in [0.2, 0.25) is 0 Å². The van der Waals surface area contributed by atoms with Gasteiger partial charge in [-0.05, 0) is 62.3 Å². The molecular formula is C31H45N3O4S. The minimum absolute atomic E-state index is 0.0985. The maximum atomic E-state index is 13.6. The third-order valence-corrected chi connectivity index (χ3v) is 8.79. The molecule has 0 bridgehead atoms. The van der Waals surface area contributed by atoms with Gasteiger partial charge in [0, 0.05) is 25.6 Å². The van der Waals surface area contributed by atoms with Gasteiger partial charge < -0.3 is 10.2 Å². The van der Waals surface area contributed by atoms with Gasteiger partial charge in [0.05, 0.1) is 11.9 Å². The topological polar surface area (TPSA) is 86.8 Å². The zero-order valence-corrected chi connectivity index (χ0v) is 24.8. The highest BCUT2D eigenvalue weighted by Gasteiger charge is 2.30. The Bertz CT molecular complexity index is 1170. The molecule has 3 rings (SSSR count). The fraction of sp³-hybridized carbons (Fsp3) is 0.548. The average molecular weight is 556 g/mol. The van der Waals surface area contributed by atoms with Crippen LogP contribution in [-0.4, -0.2) is 50.0 Å². The number of nitrogens with one attached hydrogen (secondary N) is 1. The van der Waals surface area contributed by atoms with Crippen molar-refractivity contribution in [3.05, 3.63) is 65.2 Å².